The van der Waals surface area contributed by atoms with Crippen molar-refractivity contribution in [3.05, 3.63) is 59.7 Å². The van der Waals surface area contributed by atoms with Crippen LogP contribution in [0.1, 0.15) is 27.1 Å². The molecule has 0 aliphatic carbocycles. The van der Waals surface area contributed by atoms with Crippen LogP contribution in [0.5, 0.6) is 11.5 Å². The van der Waals surface area contributed by atoms with Gasteiger partial charge in [-0.1, -0.05) is 12.2 Å². The number of carbonyl (C=O) groups is 2. The van der Waals surface area contributed by atoms with Gasteiger partial charge in [0.25, 0.3) is 5.91 Å². The molecule has 0 aromatic heterocycles. The molecule has 4 rings (SSSR count). The molecule has 0 bridgehead atoms. The number of nitrogens with zero attached hydrogens (tertiary/aromatic N) is 2. The maximum atomic E-state index is 12.8. The summed E-state index contributed by atoms with van der Waals surface area (Å²) in [5.74, 6) is 0.663. The number of fused-ring (bicyclic) bond motifs is 1. The van der Waals surface area contributed by atoms with Crippen LogP contribution in [-0.2, 0) is 4.74 Å². The van der Waals surface area contributed by atoms with E-state index in [0.717, 1.165) is 24.3 Å². The van der Waals surface area contributed by atoms with Gasteiger partial charge in [0.15, 0.2) is 0 Å². The molecule has 30 heavy (non-hydrogen) atoms. The van der Waals surface area contributed by atoms with Crippen molar-refractivity contribution in [2.24, 2.45) is 0 Å². The van der Waals surface area contributed by atoms with E-state index in [-0.39, 0.29) is 5.91 Å². The van der Waals surface area contributed by atoms with Crippen molar-refractivity contribution >= 4 is 23.3 Å². The van der Waals surface area contributed by atoms with E-state index in [2.05, 4.69) is 11.0 Å². The summed E-state index contributed by atoms with van der Waals surface area (Å²) in [4.78, 5) is 28.7. The summed E-state index contributed by atoms with van der Waals surface area (Å²) in [7, 11) is 2.86. The zero-order chi connectivity index (χ0) is 21.1. The van der Waals surface area contributed by atoms with Crippen molar-refractivity contribution in [1.82, 2.24) is 4.90 Å². The van der Waals surface area contributed by atoms with Crippen LogP contribution < -0.4 is 14.4 Å². The molecule has 0 radical (unpaired) electrons. The van der Waals surface area contributed by atoms with Crippen LogP contribution in [-0.4, -0.2) is 57.2 Å². The molecule has 2 heterocycles. The summed E-state index contributed by atoms with van der Waals surface area (Å²) < 4.78 is 16.1. The molecule has 0 N–H and O–H groups in total. The molecule has 2 aliphatic heterocycles. The quantitative estimate of drug-likeness (QED) is 0.571. The van der Waals surface area contributed by atoms with Gasteiger partial charge in [-0.3, -0.25) is 4.79 Å². The normalized spacial score (nSPS) is 15.3. The molecule has 2 aromatic carbocycles. The number of rotatable bonds is 4. The number of carbonyl (C=O) groups excluding carboxylic acids is 2. The molecule has 0 atom stereocenters. The smallest absolute Gasteiger partial charge is 0.341 e. The first-order chi connectivity index (χ1) is 14.6. The Labute approximate surface area is 175 Å². The Morgan fingerprint density at radius 2 is 1.90 bits per heavy atom. The minimum Gasteiger partial charge on any atom is -0.496 e. The zero-order valence-corrected chi connectivity index (χ0v) is 17.1. The summed E-state index contributed by atoms with van der Waals surface area (Å²) in [6, 6.07) is 10.9. The van der Waals surface area contributed by atoms with Crippen molar-refractivity contribution in [3.8, 4) is 11.5 Å². The second-order valence-corrected chi connectivity index (χ2v) is 7.07. The second kappa shape index (κ2) is 8.49. The third kappa shape index (κ3) is 3.70. The average Bonchev–Trinajstić information content (AvgIpc) is 2.82. The van der Waals surface area contributed by atoms with Crippen LogP contribution in [0.4, 0.5) is 11.4 Å². The fourth-order valence-electron chi connectivity index (χ4n) is 3.76. The fraction of sp³-hybridized carbons (Fsp3) is 0.304. The molecule has 156 valence electrons. The topological polar surface area (TPSA) is 68.3 Å². The SMILES string of the molecule is COC(=O)c1ccc(N2CCOc3cc(C(=O)N4CC=CCC4)ccc32)cc1OC. The van der Waals surface area contributed by atoms with Gasteiger partial charge in [0, 0.05) is 30.4 Å². The zero-order valence-electron chi connectivity index (χ0n) is 17.1. The lowest BCUT2D eigenvalue weighted by molar-refractivity contribution is 0.0596. The summed E-state index contributed by atoms with van der Waals surface area (Å²) in [5, 5.41) is 0. The largest absolute Gasteiger partial charge is 0.496 e. The van der Waals surface area contributed by atoms with E-state index in [0.29, 0.717) is 42.3 Å². The maximum Gasteiger partial charge on any atom is 0.341 e. The Morgan fingerprint density at radius 3 is 2.63 bits per heavy atom. The highest BCUT2D eigenvalue weighted by molar-refractivity contribution is 5.96. The van der Waals surface area contributed by atoms with Gasteiger partial charge in [-0.15, -0.1) is 0 Å². The van der Waals surface area contributed by atoms with Gasteiger partial charge in [-0.2, -0.15) is 0 Å². The first-order valence-electron chi connectivity index (χ1n) is 9.87. The number of amides is 1. The van der Waals surface area contributed by atoms with Gasteiger partial charge in [0.1, 0.15) is 23.7 Å². The van der Waals surface area contributed by atoms with Crippen molar-refractivity contribution in [2.75, 3.05) is 45.4 Å². The Morgan fingerprint density at radius 1 is 1.03 bits per heavy atom. The highest BCUT2D eigenvalue weighted by atomic mass is 16.5. The molecule has 7 heteroatoms. The van der Waals surface area contributed by atoms with Crippen molar-refractivity contribution in [2.45, 2.75) is 6.42 Å². The molecular formula is C23H24N2O5. The van der Waals surface area contributed by atoms with Crippen molar-refractivity contribution in [3.63, 3.8) is 0 Å². The molecule has 0 saturated heterocycles. The van der Waals surface area contributed by atoms with Crippen LogP contribution >= 0.6 is 0 Å². The molecule has 2 aromatic rings. The number of benzene rings is 2. The Bertz CT molecular complexity index is 1000. The molecule has 2 aliphatic rings. The van der Waals surface area contributed by atoms with Crippen LogP contribution in [0.15, 0.2) is 48.6 Å². The molecule has 0 fully saturated rings. The Hall–Kier alpha value is -3.48. The van der Waals surface area contributed by atoms with Gasteiger partial charge in [-0.25, -0.2) is 4.79 Å². The molecule has 0 saturated carbocycles. The van der Waals surface area contributed by atoms with Gasteiger partial charge in [-0.05, 0) is 36.8 Å². The van der Waals surface area contributed by atoms with E-state index in [9.17, 15) is 9.59 Å². The predicted molar refractivity (Wildman–Crippen MR) is 113 cm³/mol. The first-order valence-corrected chi connectivity index (χ1v) is 9.87. The van der Waals surface area contributed by atoms with E-state index < -0.39 is 5.97 Å². The molecule has 1 amide bonds. The second-order valence-electron chi connectivity index (χ2n) is 7.07. The highest BCUT2D eigenvalue weighted by Gasteiger charge is 2.24. The van der Waals surface area contributed by atoms with Crippen LogP contribution in [0, 0.1) is 0 Å². The van der Waals surface area contributed by atoms with E-state index in [1.165, 1.54) is 14.2 Å². The van der Waals surface area contributed by atoms with Gasteiger partial charge < -0.3 is 24.0 Å². The molecule has 0 spiro atoms. The van der Waals surface area contributed by atoms with E-state index >= 15 is 0 Å². The molecular weight excluding hydrogens is 384 g/mol. The fourth-order valence-corrected chi connectivity index (χ4v) is 3.76. The van der Waals surface area contributed by atoms with Crippen molar-refractivity contribution in [1.29, 1.82) is 0 Å². The number of esters is 1. The van der Waals surface area contributed by atoms with E-state index in [1.54, 1.807) is 12.1 Å². The number of ether oxygens (including phenoxy) is 3. The summed E-state index contributed by atoms with van der Waals surface area (Å²) in [5.41, 5.74) is 2.71. The highest BCUT2D eigenvalue weighted by Crippen LogP contribution is 2.39. The minimum atomic E-state index is -0.448. The lowest BCUT2D eigenvalue weighted by atomic mass is 10.1. The number of anilines is 2. The van der Waals surface area contributed by atoms with E-state index in [4.69, 9.17) is 14.2 Å². The lowest BCUT2D eigenvalue weighted by Crippen LogP contribution is -2.34. The summed E-state index contributed by atoms with van der Waals surface area (Å²) >= 11 is 0. The third-order valence-electron chi connectivity index (χ3n) is 5.32. The Balaban J connectivity index is 1.63. The minimum absolute atomic E-state index is 0.00646. The molecule has 0 unspecified atom stereocenters. The molecule has 7 nitrogen and oxygen atoms in total. The maximum absolute atomic E-state index is 12.8. The lowest BCUT2D eigenvalue weighted by Gasteiger charge is -2.32. The summed E-state index contributed by atoms with van der Waals surface area (Å²) in [6.07, 6.45) is 4.99. The van der Waals surface area contributed by atoms with Gasteiger partial charge in [0.2, 0.25) is 0 Å². The Kier molecular flexibility index (Phi) is 5.61. The monoisotopic (exact) mass is 408 g/mol. The number of hydrogen-bond acceptors (Lipinski definition) is 6. The predicted octanol–water partition coefficient (Wildman–Crippen LogP) is 3.41. The number of hydrogen-bond donors (Lipinski definition) is 0. The van der Waals surface area contributed by atoms with Crippen LogP contribution in [0.25, 0.3) is 0 Å². The third-order valence-corrected chi connectivity index (χ3v) is 5.32. The van der Waals surface area contributed by atoms with Crippen LogP contribution in [0.3, 0.4) is 0 Å². The van der Waals surface area contributed by atoms with Gasteiger partial charge >= 0.3 is 5.97 Å². The number of methoxy groups -OCH3 is 2. The van der Waals surface area contributed by atoms with Crippen LogP contribution in [0.2, 0.25) is 0 Å². The standard InChI is InChI=1S/C23H24N2O5/c1-28-20-15-17(7-8-18(20)23(27)29-2)25-12-13-30-21-14-16(6-9-19(21)25)22(26)24-10-4-3-5-11-24/h3-4,6-9,14-15H,5,10-13H2,1-2H3. The first kappa shape index (κ1) is 19.8. The van der Waals surface area contributed by atoms with E-state index in [1.807, 2.05) is 35.2 Å². The average molecular weight is 408 g/mol. The van der Waals surface area contributed by atoms with Gasteiger partial charge in [0.05, 0.1) is 26.5 Å². The summed E-state index contributed by atoms with van der Waals surface area (Å²) in [6.45, 7) is 2.48. The van der Waals surface area contributed by atoms with Crippen molar-refractivity contribution < 1.29 is 23.8 Å².